The predicted octanol–water partition coefficient (Wildman–Crippen LogP) is 1.85. The number of nitrogens with one attached hydrogen (secondary N) is 1. The molecule has 0 aliphatic carbocycles. The maximum absolute atomic E-state index is 12.0. The standard InChI is InChI=1S/C18H21NO8/c1-18(2)26-16(22)12(17(23)27-18)9-19-11-7-10(5-6-14(20)21)15(25-4)13(8-11)24-3/h7-9,19H,5-6H2,1-4H3,(H,20,21). The number of hydrogen-bond donors (Lipinski definition) is 2. The monoisotopic (exact) mass is 379 g/mol. The van der Waals surface area contributed by atoms with Crippen LogP contribution in [0, 0.1) is 0 Å². The average molecular weight is 379 g/mol. The Bertz CT molecular complexity index is 775. The Morgan fingerprint density at radius 2 is 1.81 bits per heavy atom. The van der Waals surface area contributed by atoms with Crippen LogP contribution < -0.4 is 14.8 Å². The van der Waals surface area contributed by atoms with Crippen molar-refractivity contribution in [1.82, 2.24) is 0 Å². The third-order valence-electron chi connectivity index (χ3n) is 3.66. The first-order valence-electron chi connectivity index (χ1n) is 8.07. The van der Waals surface area contributed by atoms with Crippen LogP contribution in [0.25, 0.3) is 0 Å². The van der Waals surface area contributed by atoms with Gasteiger partial charge in [0.1, 0.15) is 0 Å². The summed E-state index contributed by atoms with van der Waals surface area (Å²) in [4.78, 5) is 34.8. The number of cyclic esters (lactones) is 2. The Kier molecular flexibility index (Phi) is 5.94. The molecule has 27 heavy (non-hydrogen) atoms. The summed E-state index contributed by atoms with van der Waals surface area (Å²) in [6.45, 7) is 2.91. The average Bonchev–Trinajstić information content (AvgIpc) is 2.57. The number of rotatable bonds is 7. The van der Waals surface area contributed by atoms with Gasteiger partial charge in [-0.25, -0.2) is 9.59 Å². The van der Waals surface area contributed by atoms with Crippen LogP contribution in [0.2, 0.25) is 0 Å². The van der Waals surface area contributed by atoms with Crippen molar-refractivity contribution in [3.05, 3.63) is 29.5 Å². The molecule has 0 saturated carbocycles. The van der Waals surface area contributed by atoms with E-state index >= 15 is 0 Å². The number of methoxy groups -OCH3 is 2. The second kappa shape index (κ2) is 7.98. The van der Waals surface area contributed by atoms with Gasteiger partial charge in [0.25, 0.3) is 5.79 Å². The first-order valence-corrected chi connectivity index (χ1v) is 8.07. The van der Waals surface area contributed by atoms with Gasteiger partial charge in [0.05, 0.1) is 14.2 Å². The lowest BCUT2D eigenvalue weighted by Gasteiger charge is -2.29. The van der Waals surface area contributed by atoms with Crippen LogP contribution in [0.4, 0.5) is 5.69 Å². The number of esters is 2. The number of benzene rings is 1. The SMILES string of the molecule is COc1cc(NC=C2C(=O)OC(C)(C)OC2=O)cc(CCC(=O)O)c1OC. The lowest BCUT2D eigenvalue weighted by Crippen LogP contribution is -2.42. The first-order chi connectivity index (χ1) is 12.7. The number of carboxylic acids is 1. The Balaban J connectivity index is 2.30. The van der Waals surface area contributed by atoms with Crippen molar-refractivity contribution < 1.29 is 38.4 Å². The molecule has 1 heterocycles. The van der Waals surface area contributed by atoms with Crippen molar-refractivity contribution in [3.8, 4) is 11.5 Å². The Hall–Kier alpha value is -3.23. The summed E-state index contributed by atoms with van der Waals surface area (Å²) in [5, 5.41) is 11.7. The van der Waals surface area contributed by atoms with E-state index in [9.17, 15) is 14.4 Å². The molecule has 0 aromatic heterocycles. The van der Waals surface area contributed by atoms with Crippen LogP contribution in [-0.4, -0.2) is 43.0 Å². The van der Waals surface area contributed by atoms with Crippen molar-refractivity contribution in [2.45, 2.75) is 32.5 Å². The highest BCUT2D eigenvalue weighted by atomic mass is 16.7. The Morgan fingerprint density at radius 3 is 2.33 bits per heavy atom. The maximum Gasteiger partial charge on any atom is 0.350 e. The van der Waals surface area contributed by atoms with Crippen LogP contribution in [0.3, 0.4) is 0 Å². The lowest BCUT2D eigenvalue weighted by atomic mass is 10.1. The van der Waals surface area contributed by atoms with Gasteiger partial charge < -0.3 is 29.4 Å². The fourth-order valence-corrected chi connectivity index (χ4v) is 2.49. The van der Waals surface area contributed by atoms with Gasteiger partial charge in [-0.15, -0.1) is 0 Å². The van der Waals surface area contributed by atoms with Crippen molar-refractivity contribution >= 4 is 23.6 Å². The van der Waals surface area contributed by atoms with Gasteiger partial charge in [0.2, 0.25) is 0 Å². The van der Waals surface area contributed by atoms with Gasteiger partial charge in [-0.1, -0.05) is 0 Å². The highest BCUT2D eigenvalue weighted by Crippen LogP contribution is 2.35. The zero-order chi connectivity index (χ0) is 20.2. The molecule has 1 saturated heterocycles. The van der Waals surface area contributed by atoms with E-state index in [-0.39, 0.29) is 18.4 Å². The number of hydrogen-bond acceptors (Lipinski definition) is 8. The third-order valence-corrected chi connectivity index (χ3v) is 3.66. The Morgan fingerprint density at radius 1 is 1.19 bits per heavy atom. The van der Waals surface area contributed by atoms with E-state index < -0.39 is 23.7 Å². The molecular formula is C18H21NO8. The fraction of sp³-hybridized carbons (Fsp3) is 0.389. The van der Waals surface area contributed by atoms with Crippen LogP contribution in [-0.2, 0) is 30.3 Å². The molecule has 146 valence electrons. The van der Waals surface area contributed by atoms with Crippen molar-refractivity contribution in [2.75, 3.05) is 19.5 Å². The second-order valence-corrected chi connectivity index (χ2v) is 6.15. The van der Waals surface area contributed by atoms with E-state index in [4.69, 9.17) is 24.1 Å². The molecule has 0 bridgehead atoms. The van der Waals surface area contributed by atoms with E-state index in [1.54, 1.807) is 12.1 Å². The summed E-state index contributed by atoms with van der Waals surface area (Å²) in [5.41, 5.74) is 0.761. The fourth-order valence-electron chi connectivity index (χ4n) is 2.49. The third kappa shape index (κ3) is 4.90. The first kappa shape index (κ1) is 20.1. The van der Waals surface area contributed by atoms with Crippen molar-refractivity contribution in [3.63, 3.8) is 0 Å². The number of ether oxygens (including phenoxy) is 4. The van der Waals surface area contributed by atoms with E-state index in [0.717, 1.165) is 0 Å². The molecule has 1 aliphatic heterocycles. The molecular weight excluding hydrogens is 358 g/mol. The van der Waals surface area contributed by atoms with Crippen LogP contribution in [0.1, 0.15) is 25.8 Å². The number of aryl methyl sites for hydroxylation is 1. The topological polar surface area (TPSA) is 120 Å². The predicted molar refractivity (Wildman–Crippen MR) is 93.5 cm³/mol. The largest absolute Gasteiger partial charge is 0.493 e. The molecule has 9 heteroatoms. The quantitative estimate of drug-likeness (QED) is 0.415. The van der Waals surface area contributed by atoms with Gasteiger partial charge in [0, 0.05) is 43.8 Å². The summed E-state index contributed by atoms with van der Waals surface area (Å²) >= 11 is 0. The van der Waals surface area contributed by atoms with Crippen LogP contribution in [0.5, 0.6) is 11.5 Å². The van der Waals surface area contributed by atoms with Gasteiger partial charge in [-0.3, -0.25) is 4.79 Å². The summed E-state index contributed by atoms with van der Waals surface area (Å²) in [6, 6.07) is 3.23. The summed E-state index contributed by atoms with van der Waals surface area (Å²) in [5.74, 6) is -3.11. The molecule has 1 aromatic carbocycles. The van der Waals surface area contributed by atoms with Crippen molar-refractivity contribution in [2.24, 2.45) is 0 Å². The molecule has 0 radical (unpaired) electrons. The van der Waals surface area contributed by atoms with Crippen LogP contribution in [0.15, 0.2) is 23.9 Å². The minimum atomic E-state index is -1.32. The molecule has 0 spiro atoms. The zero-order valence-electron chi connectivity index (χ0n) is 15.5. The molecule has 0 atom stereocenters. The molecule has 0 amide bonds. The van der Waals surface area contributed by atoms with Gasteiger partial charge in [-0.05, 0) is 12.5 Å². The highest BCUT2D eigenvalue weighted by molar-refractivity contribution is 6.15. The van der Waals surface area contributed by atoms with E-state index in [1.165, 1.54) is 34.3 Å². The molecule has 9 nitrogen and oxygen atoms in total. The lowest BCUT2D eigenvalue weighted by molar-refractivity contribution is -0.222. The second-order valence-electron chi connectivity index (χ2n) is 6.15. The van der Waals surface area contributed by atoms with Gasteiger partial charge >= 0.3 is 17.9 Å². The number of carbonyl (C=O) groups is 3. The maximum atomic E-state index is 12.0. The Labute approximate surface area is 155 Å². The van der Waals surface area contributed by atoms with E-state index in [0.29, 0.717) is 22.7 Å². The molecule has 0 unspecified atom stereocenters. The molecule has 1 fully saturated rings. The van der Waals surface area contributed by atoms with E-state index in [2.05, 4.69) is 5.32 Å². The molecule has 1 aromatic rings. The number of carbonyl (C=O) groups excluding carboxylic acids is 2. The number of aliphatic carboxylic acids is 1. The number of carboxylic acid groups (broad SMARTS) is 1. The van der Waals surface area contributed by atoms with E-state index in [1.807, 2.05) is 0 Å². The smallest absolute Gasteiger partial charge is 0.350 e. The molecule has 2 rings (SSSR count). The van der Waals surface area contributed by atoms with Gasteiger partial charge in [0.15, 0.2) is 17.1 Å². The summed E-state index contributed by atoms with van der Waals surface area (Å²) in [7, 11) is 2.89. The minimum Gasteiger partial charge on any atom is -0.493 e. The minimum absolute atomic E-state index is 0.0994. The molecule has 2 N–H and O–H groups in total. The zero-order valence-corrected chi connectivity index (χ0v) is 15.5. The van der Waals surface area contributed by atoms with Crippen LogP contribution >= 0.6 is 0 Å². The summed E-state index contributed by atoms with van der Waals surface area (Å²) in [6.07, 6.45) is 1.28. The highest BCUT2D eigenvalue weighted by Gasteiger charge is 2.38. The molecule has 1 aliphatic rings. The van der Waals surface area contributed by atoms with Gasteiger partial charge in [-0.2, -0.15) is 0 Å². The number of anilines is 1. The summed E-state index contributed by atoms with van der Waals surface area (Å²) < 4.78 is 20.6. The van der Waals surface area contributed by atoms with Crippen molar-refractivity contribution in [1.29, 1.82) is 0 Å². The normalized spacial score (nSPS) is 15.5.